The first kappa shape index (κ1) is 17.8. The second-order valence-electron chi connectivity index (χ2n) is 4.83. The highest BCUT2D eigenvalue weighted by molar-refractivity contribution is 9.10. The molecule has 1 N–H and O–H groups in total. The third-order valence-corrected chi connectivity index (χ3v) is 5.57. The molecule has 3 rings (SSSR count). The third-order valence-electron chi connectivity index (χ3n) is 3.20. The molecule has 0 aromatic heterocycles. The Morgan fingerprint density at radius 2 is 1.88 bits per heavy atom. The standard InChI is InChI=1S/C16H8BrCl2NO2S2/c17-9-2-1-3-10(7-9)20-15(22)13(24-16(20)23)6-8-4-11(18)14(21)12(19)5-8/h1-7,21H/b13-6+. The van der Waals surface area contributed by atoms with Gasteiger partial charge in [0.25, 0.3) is 5.91 Å². The molecule has 0 spiro atoms. The van der Waals surface area contributed by atoms with Crippen LogP contribution in [0.25, 0.3) is 6.08 Å². The molecule has 0 atom stereocenters. The molecule has 24 heavy (non-hydrogen) atoms. The van der Waals surface area contributed by atoms with Gasteiger partial charge in [-0.3, -0.25) is 9.69 Å². The van der Waals surface area contributed by atoms with Crippen molar-refractivity contribution in [2.24, 2.45) is 0 Å². The Kier molecular flexibility index (Phi) is 5.22. The summed E-state index contributed by atoms with van der Waals surface area (Å²) in [5, 5.41) is 9.86. The monoisotopic (exact) mass is 459 g/mol. The van der Waals surface area contributed by atoms with Crippen molar-refractivity contribution in [3.05, 3.63) is 61.4 Å². The summed E-state index contributed by atoms with van der Waals surface area (Å²) in [5.41, 5.74) is 1.30. The summed E-state index contributed by atoms with van der Waals surface area (Å²) in [7, 11) is 0. The third kappa shape index (κ3) is 3.48. The van der Waals surface area contributed by atoms with Gasteiger partial charge in [-0.15, -0.1) is 0 Å². The van der Waals surface area contributed by atoms with Gasteiger partial charge in [-0.25, -0.2) is 0 Å². The summed E-state index contributed by atoms with van der Waals surface area (Å²) in [6, 6.07) is 10.4. The normalized spacial score (nSPS) is 16.3. The molecular weight excluding hydrogens is 453 g/mol. The molecule has 0 unspecified atom stereocenters. The Hall–Kier alpha value is -1.05. The van der Waals surface area contributed by atoms with Crippen molar-refractivity contribution in [2.45, 2.75) is 0 Å². The van der Waals surface area contributed by atoms with Crippen molar-refractivity contribution in [1.29, 1.82) is 0 Å². The van der Waals surface area contributed by atoms with E-state index in [1.54, 1.807) is 6.08 Å². The number of carbonyl (C=O) groups is 1. The fraction of sp³-hybridized carbons (Fsp3) is 0. The van der Waals surface area contributed by atoms with Crippen molar-refractivity contribution in [3.63, 3.8) is 0 Å². The summed E-state index contributed by atoms with van der Waals surface area (Å²) >= 11 is 21.7. The lowest BCUT2D eigenvalue weighted by molar-refractivity contribution is -0.113. The number of benzene rings is 2. The maximum absolute atomic E-state index is 12.7. The Morgan fingerprint density at radius 1 is 1.21 bits per heavy atom. The summed E-state index contributed by atoms with van der Waals surface area (Å²) < 4.78 is 1.30. The molecule has 1 saturated heterocycles. The minimum absolute atomic E-state index is 0.121. The lowest BCUT2D eigenvalue weighted by atomic mass is 10.2. The number of halogens is 3. The predicted octanol–water partition coefficient (Wildman–Crippen LogP) is 5.87. The van der Waals surface area contributed by atoms with E-state index in [0.717, 1.165) is 4.47 Å². The zero-order chi connectivity index (χ0) is 17.4. The lowest BCUT2D eigenvalue weighted by Crippen LogP contribution is -2.27. The van der Waals surface area contributed by atoms with E-state index in [0.29, 0.717) is 20.5 Å². The van der Waals surface area contributed by atoms with E-state index in [-0.39, 0.29) is 21.7 Å². The van der Waals surface area contributed by atoms with Crippen molar-refractivity contribution in [2.75, 3.05) is 4.90 Å². The van der Waals surface area contributed by atoms with Crippen LogP contribution < -0.4 is 4.90 Å². The van der Waals surface area contributed by atoms with Crippen molar-refractivity contribution < 1.29 is 9.90 Å². The highest BCUT2D eigenvalue weighted by atomic mass is 79.9. The summed E-state index contributed by atoms with van der Waals surface area (Å²) in [4.78, 5) is 14.6. The van der Waals surface area contributed by atoms with E-state index in [1.165, 1.54) is 28.8 Å². The van der Waals surface area contributed by atoms with Gasteiger partial charge in [0, 0.05) is 4.47 Å². The van der Waals surface area contributed by atoms with Gasteiger partial charge in [0.05, 0.1) is 20.6 Å². The average Bonchev–Trinajstić information content (AvgIpc) is 2.79. The first-order valence-corrected chi connectivity index (χ1v) is 9.35. The van der Waals surface area contributed by atoms with Crippen LogP contribution in [0.5, 0.6) is 5.75 Å². The molecule has 0 saturated carbocycles. The lowest BCUT2D eigenvalue weighted by Gasteiger charge is -2.14. The number of hydrogen-bond donors (Lipinski definition) is 1. The number of carbonyl (C=O) groups excluding carboxylic acids is 1. The smallest absolute Gasteiger partial charge is 0.270 e. The molecule has 1 aliphatic heterocycles. The van der Waals surface area contributed by atoms with Crippen LogP contribution in [0.1, 0.15) is 5.56 Å². The molecule has 0 bridgehead atoms. The van der Waals surface area contributed by atoms with Crippen LogP contribution in [0.2, 0.25) is 10.0 Å². The fourth-order valence-corrected chi connectivity index (χ4v) is 4.32. The quantitative estimate of drug-likeness (QED) is 0.449. The number of rotatable bonds is 2. The van der Waals surface area contributed by atoms with E-state index in [2.05, 4.69) is 15.9 Å². The molecule has 3 nitrogen and oxygen atoms in total. The van der Waals surface area contributed by atoms with Gasteiger partial charge in [-0.2, -0.15) is 0 Å². The van der Waals surface area contributed by atoms with Gasteiger partial charge < -0.3 is 5.11 Å². The molecule has 0 radical (unpaired) electrons. The number of thiocarbonyl (C=S) groups is 1. The second-order valence-corrected chi connectivity index (χ2v) is 8.24. The Balaban J connectivity index is 1.97. The number of anilines is 1. The molecule has 122 valence electrons. The number of amides is 1. The predicted molar refractivity (Wildman–Crippen MR) is 108 cm³/mol. The molecule has 0 aliphatic carbocycles. The number of phenolic OH excluding ortho intramolecular Hbond substituents is 1. The molecule has 2 aromatic carbocycles. The first-order chi connectivity index (χ1) is 11.4. The second kappa shape index (κ2) is 7.06. The molecule has 1 amide bonds. The van der Waals surface area contributed by atoms with E-state index in [1.807, 2.05) is 24.3 Å². The number of aromatic hydroxyl groups is 1. The summed E-state index contributed by atoms with van der Waals surface area (Å²) in [6.45, 7) is 0. The Labute approximate surface area is 166 Å². The van der Waals surface area contributed by atoms with Gasteiger partial charge >= 0.3 is 0 Å². The van der Waals surface area contributed by atoms with Gasteiger partial charge in [-0.1, -0.05) is 69.2 Å². The number of phenols is 1. The van der Waals surface area contributed by atoms with E-state index in [9.17, 15) is 9.90 Å². The van der Waals surface area contributed by atoms with Crippen LogP contribution in [0.3, 0.4) is 0 Å². The summed E-state index contributed by atoms with van der Waals surface area (Å²) in [6.07, 6.45) is 1.65. The average molecular weight is 461 g/mol. The Bertz CT molecular complexity index is 878. The molecule has 8 heteroatoms. The van der Waals surface area contributed by atoms with Crippen LogP contribution in [0, 0.1) is 0 Å². The van der Waals surface area contributed by atoms with Crippen molar-refractivity contribution in [3.8, 4) is 5.75 Å². The molecule has 2 aromatic rings. The SMILES string of the molecule is O=C1/C(=C\c2cc(Cl)c(O)c(Cl)c2)SC(=S)N1c1cccc(Br)c1. The van der Waals surface area contributed by atoms with Crippen molar-refractivity contribution in [1.82, 2.24) is 0 Å². The Morgan fingerprint density at radius 3 is 2.50 bits per heavy atom. The van der Waals surface area contributed by atoms with Crippen LogP contribution >= 0.6 is 63.1 Å². The van der Waals surface area contributed by atoms with Crippen LogP contribution in [-0.2, 0) is 4.79 Å². The van der Waals surface area contributed by atoms with Crippen LogP contribution in [0.15, 0.2) is 45.8 Å². The van der Waals surface area contributed by atoms with Crippen LogP contribution in [0.4, 0.5) is 5.69 Å². The van der Waals surface area contributed by atoms with Gasteiger partial charge in [0.1, 0.15) is 0 Å². The zero-order valence-electron chi connectivity index (χ0n) is 11.8. The van der Waals surface area contributed by atoms with Gasteiger partial charge in [-0.05, 0) is 42.0 Å². The molecular formula is C16H8BrCl2NO2S2. The van der Waals surface area contributed by atoms with Crippen LogP contribution in [-0.4, -0.2) is 15.3 Å². The largest absolute Gasteiger partial charge is 0.505 e. The fourth-order valence-electron chi connectivity index (χ4n) is 2.13. The zero-order valence-corrected chi connectivity index (χ0v) is 16.5. The minimum Gasteiger partial charge on any atom is -0.505 e. The van der Waals surface area contributed by atoms with E-state index in [4.69, 9.17) is 35.4 Å². The highest BCUT2D eigenvalue weighted by Crippen LogP contribution is 2.38. The maximum atomic E-state index is 12.7. The highest BCUT2D eigenvalue weighted by Gasteiger charge is 2.33. The van der Waals surface area contributed by atoms with E-state index < -0.39 is 0 Å². The molecule has 1 aliphatic rings. The number of thioether (sulfide) groups is 1. The maximum Gasteiger partial charge on any atom is 0.270 e. The number of hydrogen-bond acceptors (Lipinski definition) is 4. The van der Waals surface area contributed by atoms with Gasteiger partial charge in [0.15, 0.2) is 10.1 Å². The van der Waals surface area contributed by atoms with E-state index >= 15 is 0 Å². The summed E-state index contributed by atoms with van der Waals surface area (Å²) in [5.74, 6) is -0.402. The van der Waals surface area contributed by atoms with Gasteiger partial charge in [0.2, 0.25) is 0 Å². The van der Waals surface area contributed by atoms with Crippen molar-refractivity contribution >= 4 is 85.1 Å². The molecule has 1 heterocycles. The number of nitrogens with zero attached hydrogens (tertiary/aromatic N) is 1. The first-order valence-electron chi connectivity index (χ1n) is 6.58. The topological polar surface area (TPSA) is 40.5 Å². The minimum atomic E-state index is -0.219. The molecule has 1 fully saturated rings.